The van der Waals surface area contributed by atoms with Crippen molar-refractivity contribution in [2.24, 2.45) is 0 Å². The Balaban J connectivity index is 1.58. The molecule has 6 heteroatoms. The van der Waals surface area contributed by atoms with E-state index < -0.39 is 0 Å². The first-order valence-corrected chi connectivity index (χ1v) is 10.7. The number of nitrogens with zero attached hydrogens (tertiary/aromatic N) is 2. The molecule has 4 rings (SSSR count). The molecule has 2 aromatic carbocycles. The Bertz CT molecular complexity index is 930. The zero-order valence-corrected chi connectivity index (χ0v) is 17.4. The molecule has 2 heterocycles. The van der Waals surface area contributed by atoms with Crippen LogP contribution in [0, 0.1) is 0 Å². The highest BCUT2D eigenvalue weighted by Gasteiger charge is 2.37. The largest absolute Gasteiger partial charge is 0.351 e. The summed E-state index contributed by atoms with van der Waals surface area (Å²) >= 11 is 6.02. The average molecular weight is 412 g/mol. The van der Waals surface area contributed by atoms with Gasteiger partial charge in [0.05, 0.1) is 11.3 Å². The maximum absolute atomic E-state index is 13.1. The number of hydrogen-bond donors (Lipinski definition) is 1. The molecule has 2 aliphatic rings. The highest BCUT2D eigenvalue weighted by molar-refractivity contribution is 6.30. The van der Waals surface area contributed by atoms with Crippen LogP contribution in [0.2, 0.25) is 5.02 Å². The number of halogens is 1. The summed E-state index contributed by atoms with van der Waals surface area (Å²) < 4.78 is 0. The Labute approximate surface area is 176 Å². The van der Waals surface area contributed by atoms with Gasteiger partial charge in [0.15, 0.2) is 0 Å². The lowest BCUT2D eigenvalue weighted by molar-refractivity contribution is 0.0656. The van der Waals surface area contributed by atoms with Gasteiger partial charge < -0.3 is 15.1 Å². The number of rotatable bonds is 4. The molecule has 0 aromatic heterocycles. The first kappa shape index (κ1) is 19.8. The maximum Gasteiger partial charge on any atom is 0.257 e. The van der Waals surface area contributed by atoms with Crippen molar-refractivity contribution in [2.45, 2.75) is 45.3 Å². The monoisotopic (exact) mass is 411 g/mol. The van der Waals surface area contributed by atoms with Crippen LogP contribution in [0.3, 0.4) is 0 Å². The Morgan fingerprint density at radius 1 is 1.17 bits per heavy atom. The third-order valence-electron chi connectivity index (χ3n) is 5.82. The molecule has 0 spiro atoms. The second-order valence-corrected chi connectivity index (χ2v) is 8.10. The van der Waals surface area contributed by atoms with Gasteiger partial charge in [-0.1, -0.05) is 30.2 Å². The van der Waals surface area contributed by atoms with Crippen molar-refractivity contribution < 1.29 is 9.59 Å². The third kappa shape index (κ3) is 3.97. The summed E-state index contributed by atoms with van der Waals surface area (Å²) in [5.41, 5.74) is 3.08. The first-order valence-electron chi connectivity index (χ1n) is 10.3. The summed E-state index contributed by atoms with van der Waals surface area (Å²) in [6, 6.07) is 12.9. The van der Waals surface area contributed by atoms with Gasteiger partial charge in [-0.2, -0.15) is 0 Å². The molecule has 29 heavy (non-hydrogen) atoms. The summed E-state index contributed by atoms with van der Waals surface area (Å²) in [4.78, 5) is 30.1. The molecule has 0 unspecified atom stereocenters. The highest BCUT2D eigenvalue weighted by atomic mass is 35.5. The molecule has 2 amide bonds. The number of carbonyl (C=O) groups is 2. The minimum atomic E-state index is -0.153. The van der Waals surface area contributed by atoms with Gasteiger partial charge in [0.1, 0.15) is 6.17 Å². The van der Waals surface area contributed by atoms with Crippen molar-refractivity contribution in [2.75, 3.05) is 18.0 Å². The van der Waals surface area contributed by atoms with Crippen LogP contribution in [0.5, 0.6) is 0 Å². The van der Waals surface area contributed by atoms with E-state index in [-0.39, 0.29) is 18.0 Å². The standard InChI is InChI=1S/C23H26ClN3O2/c1-2-26-20-14-17(22(28)25-15-16-7-6-8-18(24)13-16)10-11-19(20)23(29)27-12-5-3-4-9-21(26)27/h6-8,10-11,13-14,21H,2-5,9,12,15H2,1H3,(H,25,28)/t21-/m0/s1. The zero-order chi connectivity index (χ0) is 20.4. The molecule has 0 aliphatic carbocycles. The van der Waals surface area contributed by atoms with Gasteiger partial charge >= 0.3 is 0 Å². The molecule has 2 aliphatic heterocycles. The van der Waals surface area contributed by atoms with Crippen LogP contribution in [-0.4, -0.2) is 36.0 Å². The molecule has 1 saturated heterocycles. The van der Waals surface area contributed by atoms with Gasteiger partial charge in [0.2, 0.25) is 0 Å². The lowest BCUT2D eigenvalue weighted by atomic mass is 10.0. The van der Waals surface area contributed by atoms with Crippen LogP contribution in [0.1, 0.15) is 58.9 Å². The van der Waals surface area contributed by atoms with Crippen LogP contribution in [0.15, 0.2) is 42.5 Å². The molecule has 152 valence electrons. The van der Waals surface area contributed by atoms with Gasteiger partial charge in [-0.15, -0.1) is 0 Å². The smallest absolute Gasteiger partial charge is 0.257 e. The molecule has 0 radical (unpaired) electrons. The number of hydrogen-bond acceptors (Lipinski definition) is 3. The lowest BCUT2D eigenvalue weighted by Crippen LogP contribution is -2.55. The van der Waals surface area contributed by atoms with Crippen LogP contribution >= 0.6 is 11.6 Å². The van der Waals surface area contributed by atoms with Gasteiger partial charge in [-0.3, -0.25) is 9.59 Å². The van der Waals surface area contributed by atoms with Crippen molar-refractivity contribution in [1.82, 2.24) is 10.2 Å². The van der Waals surface area contributed by atoms with Crippen molar-refractivity contribution in [1.29, 1.82) is 0 Å². The lowest BCUT2D eigenvalue weighted by Gasteiger charge is -2.44. The Morgan fingerprint density at radius 3 is 2.83 bits per heavy atom. The molecular weight excluding hydrogens is 386 g/mol. The van der Waals surface area contributed by atoms with E-state index in [1.54, 1.807) is 12.1 Å². The Hall–Kier alpha value is -2.53. The number of nitrogens with one attached hydrogen (secondary N) is 1. The van der Waals surface area contributed by atoms with E-state index in [0.717, 1.165) is 50.0 Å². The Kier molecular flexibility index (Phi) is 5.76. The summed E-state index contributed by atoms with van der Waals surface area (Å²) in [6.45, 7) is 4.12. The SMILES string of the molecule is CCN1c2cc(C(=O)NCc3cccc(Cl)c3)ccc2C(=O)N2CCCCC[C@H]21. The molecule has 0 bridgehead atoms. The number of anilines is 1. The van der Waals surface area contributed by atoms with Crippen LogP contribution in [0.25, 0.3) is 0 Å². The van der Waals surface area contributed by atoms with Crippen LogP contribution in [-0.2, 0) is 6.54 Å². The van der Waals surface area contributed by atoms with Crippen molar-refractivity contribution in [3.05, 3.63) is 64.2 Å². The van der Waals surface area contributed by atoms with E-state index >= 15 is 0 Å². The van der Waals surface area contributed by atoms with Crippen LogP contribution in [0.4, 0.5) is 5.69 Å². The summed E-state index contributed by atoms with van der Waals surface area (Å²) in [7, 11) is 0. The minimum Gasteiger partial charge on any atom is -0.351 e. The zero-order valence-electron chi connectivity index (χ0n) is 16.7. The van der Waals surface area contributed by atoms with Gasteiger partial charge in [0.25, 0.3) is 11.8 Å². The molecule has 1 N–H and O–H groups in total. The predicted octanol–water partition coefficient (Wildman–Crippen LogP) is 4.45. The summed E-state index contributed by atoms with van der Waals surface area (Å²) in [5, 5.41) is 3.60. The normalized spacial score (nSPS) is 18.7. The second-order valence-electron chi connectivity index (χ2n) is 7.66. The summed E-state index contributed by atoms with van der Waals surface area (Å²) in [5.74, 6) is -0.0675. The van der Waals surface area contributed by atoms with Gasteiger partial charge in [-0.05, 0) is 62.1 Å². The summed E-state index contributed by atoms with van der Waals surface area (Å²) in [6.07, 6.45) is 4.40. The third-order valence-corrected chi connectivity index (χ3v) is 6.06. The minimum absolute atomic E-state index is 0.0856. The van der Waals surface area contributed by atoms with E-state index in [9.17, 15) is 9.59 Å². The molecule has 1 atom stereocenters. The van der Waals surface area contributed by atoms with E-state index in [1.165, 1.54) is 0 Å². The topological polar surface area (TPSA) is 52.7 Å². The first-order chi connectivity index (χ1) is 14.1. The fourth-order valence-electron chi connectivity index (χ4n) is 4.37. The van der Waals surface area contributed by atoms with Crippen molar-refractivity contribution >= 4 is 29.1 Å². The number of amides is 2. The predicted molar refractivity (Wildman–Crippen MR) is 115 cm³/mol. The van der Waals surface area contributed by atoms with E-state index in [2.05, 4.69) is 17.1 Å². The Morgan fingerprint density at radius 2 is 2.03 bits per heavy atom. The average Bonchev–Trinajstić information content (AvgIpc) is 2.98. The molecule has 5 nitrogen and oxygen atoms in total. The molecule has 0 saturated carbocycles. The molecule has 1 fully saturated rings. The van der Waals surface area contributed by atoms with Gasteiger partial charge in [-0.25, -0.2) is 0 Å². The van der Waals surface area contributed by atoms with E-state index in [4.69, 9.17) is 11.6 Å². The number of fused-ring (bicyclic) bond motifs is 2. The molecular formula is C23H26ClN3O2. The van der Waals surface area contributed by atoms with E-state index in [0.29, 0.717) is 22.7 Å². The quantitative estimate of drug-likeness (QED) is 0.808. The number of benzene rings is 2. The van der Waals surface area contributed by atoms with E-state index in [1.807, 2.05) is 35.2 Å². The van der Waals surface area contributed by atoms with Crippen molar-refractivity contribution in [3.8, 4) is 0 Å². The van der Waals surface area contributed by atoms with Crippen molar-refractivity contribution in [3.63, 3.8) is 0 Å². The highest BCUT2D eigenvalue weighted by Crippen LogP contribution is 2.35. The van der Waals surface area contributed by atoms with Crippen LogP contribution < -0.4 is 10.2 Å². The second kappa shape index (κ2) is 8.46. The van der Waals surface area contributed by atoms with Gasteiger partial charge in [0, 0.05) is 30.2 Å². The fraction of sp³-hybridized carbons (Fsp3) is 0.391. The number of carbonyl (C=O) groups excluding carboxylic acids is 2. The fourth-order valence-corrected chi connectivity index (χ4v) is 4.58. The molecule has 2 aromatic rings. The maximum atomic E-state index is 13.1.